The molecule has 1 aliphatic rings. The van der Waals surface area contributed by atoms with E-state index in [0.29, 0.717) is 5.75 Å². The van der Waals surface area contributed by atoms with Gasteiger partial charge in [-0.25, -0.2) is 4.98 Å². The molecule has 158 valence electrons. The number of phenolic OH excluding ortho intramolecular Hbond substituents is 1. The van der Waals surface area contributed by atoms with E-state index in [9.17, 15) is 5.11 Å². The lowest BCUT2D eigenvalue weighted by Crippen LogP contribution is -2.42. The molecule has 0 saturated carbocycles. The molecule has 31 heavy (non-hydrogen) atoms. The zero-order valence-electron chi connectivity index (χ0n) is 18.1. The van der Waals surface area contributed by atoms with E-state index in [0.717, 1.165) is 64.2 Å². The summed E-state index contributed by atoms with van der Waals surface area (Å²) in [7, 11) is 0. The first kappa shape index (κ1) is 19.6. The fourth-order valence-electron chi connectivity index (χ4n) is 4.39. The number of hydrogen-bond donors (Lipinski definition) is 4. The van der Waals surface area contributed by atoms with Gasteiger partial charge in [0.15, 0.2) is 5.82 Å². The number of nitrogens with one attached hydrogen (secondary N) is 3. The molecule has 0 atom stereocenters. The monoisotopic (exact) mass is 413 g/mol. The number of aromatic amines is 2. The van der Waals surface area contributed by atoms with Crippen LogP contribution in [0.2, 0.25) is 0 Å². The van der Waals surface area contributed by atoms with E-state index in [4.69, 9.17) is 0 Å². The normalized spacial score (nSPS) is 15.9. The van der Waals surface area contributed by atoms with Crippen molar-refractivity contribution in [3.63, 3.8) is 0 Å². The second kappa shape index (κ2) is 7.39. The number of fused-ring (bicyclic) bond motifs is 1. The number of aromatic hydroxyl groups is 1. The summed E-state index contributed by atoms with van der Waals surface area (Å²) in [5, 5.41) is 22.1. The molecule has 0 bridgehead atoms. The van der Waals surface area contributed by atoms with E-state index in [-0.39, 0.29) is 5.54 Å². The maximum absolute atomic E-state index is 9.81. The largest absolute Gasteiger partial charge is 0.508 e. The number of phenols is 1. The van der Waals surface area contributed by atoms with E-state index in [1.807, 2.05) is 18.3 Å². The fourth-order valence-corrected chi connectivity index (χ4v) is 4.39. The van der Waals surface area contributed by atoms with Gasteiger partial charge in [0.1, 0.15) is 11.4 Å². The Bertz CT molecular complexity index is 1290. The van der Waals surface area contributed by atoms with Gasteiger partial charge in [0.05, 0.1) is 17.4 Å². The third kappa shape index (κ3) is 3.64. The van der Waals surface area contributed by atoms with E-state index < -0.39 is 0 Å². The zero-order chi connectivity index (χ0) is 21.6. The van der Waals surface area contributed by atoms with Gasteiger partial charge < -0.3 is 15.4 Å². The van der Waals surface area contributed by atoms with Crippen LogP contribution in [-0.2, 0) is 6.42 Å². The molecule has 2 aromatic heterocycles. The van der Waals surface area contributed by atoms with Crippen LogP contribution in [0.3, 0.4) is 0 Å². The number of benzene rings is 2. The molecule has 0 aliphatic carbocycles. The van der Waals surface area contributed by atoms with Crippen molar-refractivity contribution in [1.29, 1.82) is 0 Å². The molecular formula is C25H27N5O. The molecule has 4 N–H and O–H groups in total. The van der Waals surface area contributed by atoms with Crippen LogP contribution in [0.25, 0.3) is 39.1 Å². The summed E-state index contributed by atoms with van der Waals surface area (Å²) < 4.78 is 0. The van der Waals surface area contributed by atoms with Crippen molar-refractivity contribution >= 4 is 16.5 Å². The molecule has 0 amide bonds. The highest BCUT2D eigenvalue weighted by atomic mass is 16.3. The molecule has 6 heteroatoms. The van der Waals surface area contributed by atoms with Crippen LogP contribution in [0.15, 0.2) is 48.7 Å². The summed E-state index contributed by atoms with van der Waals surface area (Å²) in [5.41, 5.74) is 7.54. The third-order valence-electron chi connectivity index (χ3n) is 6.05. The quantitative estimate of drug-likeness (QED) is 0.377. The molecule has 0 saturated heterocycles. The first-order valence-corrected chi connectivity index (χ1v) is 10.7. The first-order valence-electron chi connectivity index (χ1n) is 10.7. The standard InChI is InChI=1S/C25H27N5O/c1-4-15-11-18(31)6-8-19(15)16-5-7-20-21(12-16)29-30-23(20)24-26-14-22(28-24)17-9-10-27-25(2,3)13-17/h5-9,11-12,14,27,31H,4,10,13H2,1-3H3,(H,26,28)(H,29,30). The minimum atomic E-state index is 0.0797. The molecule has 0 spiro atoms. The summed E-state index contributed by atoms with van der Waals surface area (Å²) in [6.07, 6.45) is 5.93. The highest BCUT2D eigenvalue weighted by Gasteiger charge is 2.24. The Morgan fingerprint density at radius 3 is 2.81 bits per heavy atom. The smallest absolute Gasteiger partial charge is 0.159 e. The van der Waals surface area contributed by atoms with Crippen LogP contribution in [-0.4, -0.2) is 37.4 Å². The Balaban J connectivity index is 1.49. The van der Waals surface area contributed by atoms with Gasteiger partial charge in [-0.3, -0.25) is 5.10 Å². The van der Waals surface area contributed by atoms with Gasteiger partial charge >= 0.3 is 0 Å². The Labute approximate surface area is 181 Å². The first-order chi connectivity index (χ1) is 14.9. The summed E-state index contributed by atoms with van der Waals surface area (Å²) in [5.74, 6) is 1.07. The maximum atomic E-state index is 9.81. The average molecular weight is 414 g/mol. The number of imidazole rings is 1. The van der Waals surface area contributed by atoms with E-state index in [2.05, 4.69) is 70.5 Å². The van der Waals surface area contributed by atoms with Crippen LogP contribution in [0.5, 0.6) is 5.75 Å². The zero-order valence-corrected chi connectivity index (χ0v) is 18.1. The highest BCUT2D eigenvalue weighted by Crippen LogP contribution is 2.33. The minimum absolute atomic E-state index is 0.0797. The number of rotatable bonds is 4. The topological polar surface area (TPSA) is 89.6 Å². The molecule has 1 aliphatic heterocycles. The molecule has 5 rings (SSSR count). The van der Waals surface area contributed by atoms with Crippen molar-refractivity contribution in [2.75, 3.05) is 6.54 Å². The number of hydrogen-bond acceptors (Lipinski definition) is 4. The molecule has 3 heterocycles. The van der Waals surface area contributed by atoms with Crippen molar-refractivity contribution in [3.05, 3.63) is 59.9 Å². The predicted octanol–water partition coefficient (Wildman–Crippen LogP) is 5.04. The van der Waals surface area contributed by atoms with Gasteiger partial charge in [-0.15, -0.1) is 0 Å². The number of H-pyrrole nitrogens is 2. The van der Waals surface area contributed by atoms with Crippen molar-refractivity contribution in [1.82, 2.24) is 25.5 Å². The summed E-state index contributed by atoms with van der Waals surface area (Å²) >= 11 is 0. The van der Waals surface area contributed by atoms with Gasteiger partial charge in [0, 0.05) is 17.5 Å². The van der Waals surface area contributed by atoms with Gasteiger partial charge in [-0.2, -0.15) is 5.10 Å². The van der Waals surface area contributed by atoms with Crippen LogP contribution in [0.4, 0.5) is 0 Å². The van der Waals surface area contributed by atoms with Gasteiger partial charge in [0.2, 0.25) is 0 Å². The summed E-state index contributed by atoms with van der Waals surface area (Å²) in [4.78, 5) is 8.09. The van der Waals surface area contributed by atoms with Crippen molar-refractivity contribution in [2.24, 2.45) is 0 Å². The van der Waals surface area contributed by atoms with E-state index in [1.165, 1.54) is 5.57 Å². The molecule has 4 aromatic rings. The third-order valence-corrected chi connectivity index (χ3v) is 6.05. The number of aromatic nitrogens is 4. The predicted molar refractivity (Wildman–Crippen MR) is 125 cm³/mol. The van der Waals surface area contributed by atoms with Crippen LogP contribution < -0.4 is 5.32 Å². The summed E-state index contributed by atoms with van der Waals surface area (Å²) in [6, 6.07) is 11.8. The van der Waals surface area contributed by atoms with Crippen LogP contribution >= 0.6 is 0 Å². The van der Waals surface area contributed by atoms with Gasteiger partial charge in [-0.05, 0) is 73.2 Å². The molecular weight excluding hydrogens is 386 g/mol. The van der Waals surface area contributed by atoms with Gasteiger partial charge in [-0.1, -0.05) is 25.1 Å². The molecule has 6 nitrogen and oxygen atoms in total. The summed E-state index contributed by atoms with van der Waals surface area (Å²) in [6.45, 7) is 7.39. The second-order valence-electron chi connectivity index (χ2n) is 8.84. The molecule has 0 unspecified atom stereocenters. The van der Waals surface area contributed by atoms with E-state index in [1.54, 1.807) is 6.07 Å². The molecule has 2 aromatic carbocycles. The molecule has 0 radical (unpaired) electrons. The minimum Gasteiger partial charge on any atom is -0.508 e. The van der Waals surface area contributed by atoms with Crippen LogP contribution in [0.1, 0.15) is 38.4 Å². The SMILES string of the molecule is CCc1cc(O)ccc1-c1ccc2c(-c3ncc(C4=CCNC(C)(C)C4)[nH]3)n[nH]c2c1. The highest BCUT2D eigenvalue weighted by molar-refractivity contribution is 5.94. The lowest BCUT2D eigenvalue weighted by atomic mass is 9.90. The van der Waals surface area contributed by atoms with Gasteiger partial charge in [0.25, 0.3) is 0 Å². The maximum Gasteiger partial charge on any atom is 0.159 e. The number of aryl methyl sites for hydroxylation is 1. The van der Waals surface area contributed by atoms with E-state index >= 15 is 0 Å². The van der Waals surface area contributed by atoms with Crippen molar-refractivity contribution in [3.8, 4) is 28.4 Å². The lowest BCUT2D eigenvalue weighted by Gasteiger charge is -2.30. The fraction of sp³-hybridized carbons (Fsp3) is 0.280. The Morgan fingerprint density at radius 2 is 2.00 bits per heavy atom. The Hall–Kier alpha value is -3.38. The lowest BCUT2D eigenvalue weighted by molar-refractivity contribution is 0.406. The Kier molecular flexibility index (Phi) is 4.67. The second-order valence-corrected chi connectivity index (χ2v) is 8.84. The Morgan fingerprint density at radius 1 is 1.13 bits per heavy atom. The number of nitrogens with zero attached hydrogens (tertiary/aromatic N) is 2. The van der Waals surface area contributed by atoms with Crippen LogP contribution in [0, 0.1) is 0 Å². The molecule has 0 fully saturated rings. The van der Waals surface area contributed by atoms with Crippen molar-refractivity contribution in [2.45, 2.75) is 39.2 Å². The average Bonchev–Trinajstić information content (AvgIpc) is 3.39. The van der Waals surface area contributed by atoms with Crippen molar-refractivity contribution < 1.29 is 5.11 Å².